The van der Waals surface area contributed by atoms with Crippen molar-refractivity contribution >= 4 is 23.7 Å². The standard InChI is InChI=1S/C17H19N5O4/c1-17(11-4-6-12(26-3)7-5-11)15(24)22(16(25)19-17)10-14(23)18-13-8-9-21(2)20-13/h4-9H,10H2,1-3H3,(H,19,25)(H,18,20,23). The van der Waals surface area contributed by atoms with Gasteiger partial charge in [-0.05, 0) is 24.6 Å². The van der Waals surface area contributed by atoms with Crippen LogP contribution < -0.4 is 15.4 Å². The number of anilines is 1. The Morgan fingerprint density at radius 2 is 1.96 bits per heavy atom. The van der Waals surface area contributed by atoms with Crippen LogP contribution in [0, 0.1) is 0 Å². The van der Waals surface area contributed by atoms with Gasteiger partial charge in [0.2, 0.25) is 5.91 Å². The largest absolute Gasteiger partial charge is 0.497 e. The summed E-state index contributed by atoms with van der Waals surface area (Å²) in [6, 6.07) is 7.81. The minimum Gasteiger partial charge on any atom is -0.497 e. The van der Waals surface area contributed by atoms with Crippen LogP contribution in [0.4, 0.5) is 10.6 Å². The molecule has 136 valence electrons. The first-order chi connectivity index (χ1) is 12.3. The number of carbonyl (C=O) groups is 3. The van der Waals surface area contributed by atoms with Crippen LogP contribution in [0.5, 0.6) is 5.75 Å². The van der Waals surface area contributed by atoms with Gasteiger partial charge in [-0.3, -0.25) is 19.2 Å². The molecule has 4 amide bonds. The van der Waals surface area contributed by atoms with Crippen LogP contribution in [0.25, 0.3) is 0 Å². The number of rotatable bonds is 5. The second-order valence-electron chi connectivity index (χ2n) is 6.10. The predicted molar refractivity (Wildman–Crippen MR) is 92.4 cm³/mol. The number of methoxy groups -OCH3 is 1. The topological polar surface area (TPSA) is 106 Å². The minimum atomic E-state index is -1.24. The number of hydrogen-bond acceptors (Lipinski definition) is 5. The van der Waals surface area contributed by atoms with Gasteiger partial charge in [0.15, 0.2) is 5.82 Å². The third-order valence-corrected chi connectivity index (χ3v) is 4.23. The van der Waals surface area contributed by atoms with Crippen LogP contribution in [-0.2, 0) is 22.2 Å². The van der Waals surface area contributed by atoms with Gasteiger partial charge >= 0.3 is 6.03 Å². The van der Waals surface area contributed by atoms with Crippen molar-refractivity contribution in [2.24, 2.45) is 7.05 Å². The van der Waals surface area contributed by atoms with Gasteiger partial charge in [0.25, 0.3) is 5.91 Å². The van der Waals surface area contributed by atoms with Gasteiger partial charge < -0.3 is 15.4 Å². The van der Waals surface area contributed by atoms with Gasteiger partial charge in [-0.1, -0.05) is 12.1 Å². The Bertz CT molecular complexity index is 860. The number of amides is 4. The second kappa shape index (κ2) is 6.51. The number of urea groups is 1. The molecule has 1 saturated heterocycles. The maximum absolute atomic E-state index is 12.8. The molecule has 0 saturated carbocycles. The molecule has 2 heterocycles. The van der Waals surface area contributed by atoms with Crippen LogP contribution in [0.15, 0.2) is 36.5 Å². The SMILES string of the molecule is COc1ccc(C2(C)NC(=O)N(CC(=O)Nc3ccn(C)n3)C2=O)cc1. The van der Waals surface area contributed by atoms with Crippen LogP contribution >= 0.6 is 0 Å². The Balaban J connectivity index is 1.74. The first-order valence-corrected chi connectivity index (χ1v) is 7.91. The fourth-order valence-electron chi connectivity index (χ4n) is 2.77. The molecule has 1 aliphatic heterocycles. The average molecular weight is 357 g/mol. The van der Waals surface area contributed by atoms with Crippen molar-refractivity contribution in [2.45, 2.75) is 12.5 Å². The quantitative estimate of drug-likeness (QED) is 0.771. The number of ether oxygens (including phenoxy) is 1. The smallest absolute Gasteiger partial charge is 0.325 e. The molecule has 0 spiro atoms. The molecule has 1 atom stereocenters. The second-order valence-corrected chi connectivity index (χ2v) is 6.10. The molecular formula is C17H19N5O4. The Labute approximate surface area is 149 Å². The molecule has 0 aliphatic carbocycles. The molecule has 0 bridgehead atoms. The van der Waals surface area contributed by atoms with Crippen molar-refractivity contribution in [3.05, 3.63) is 42.1 Å². The monoisotopic (exact) mass is 357 g/mol. The summed E-state index contributed by atoms with van der Waals surface area (Å²) in [7, 11) is 3.26. The highest BCUT2D eigenvalue weighted by atomic mass is 16.5. The molecule has 1 aromatic carbocycles. The maximum Gasteiger partial charge on any atom is 0.325 e. The Kier molecular flexibility index (Phi) is 4.37. The Morgan fingerprint density at radius 1 is 1.27 bits per heavy atom. The third-order valence-electron chi connectivity index (χ3n) is 4.23. The van der Waals surface area contributed by atoms with Gasteiger partial charge in [0.05, 0.1) is 7.11 Å². The molecule has 0 radical (unpaired) electrons. The molecule has 1 aliphatic rings. The summed E-state index contributed by atoms with van der Waals surface area (Å²) in [4.78, 5) is 38.1. The van der Waals surface area contributed by atoms with Crippen molar-refractivity contribution in [3.63, 3.8) is 0 Å². The molecule has 26 heavy (non-hydrogen) atoms. The number of benzene rings is 1. The lowest BCUT2D eigenvalue weighted by Crippen LogP contribution is -2.42. The van der Waals surface area contributed by atoms with E-state index in [9.17, 15) is 14.4 Å². The van der Waals surface area contributed by atoms with Gasteiger partial charge in [-0.25, -0.2) is 4.79 Å². The van der Waals surface area contributed by atoms with Crippen LogP contribution in [0.1, 0.15) is 12.5 Å². The summed E-state index contributed by atoms with van der Waals surface area (Å²) < 4.78 is 6.63. The highest BCUT2D eigenvalue weighted by molar-refractivity contribution is 6.10. The predicted octanol–water partition coefficient (Wildman–Crippen LogP) is 0.834. The lowest BCUT2D eigenvalue weighted by atomic mass is 9.92. The zero-order valence-electron chi connectivity index (χ0n) is 14.6. The molecule has 2 N–H and O–H groups in total. The van der Waals surface area contributed by atoms with E-state index in [4.69, 9.17) is 4.74 Å². The van der Waals surface area contributed by atoms with Crippen molar-refractivity contribution in [1.82, 2.24) is 20.0 Å². The Morgan fingerprint density at radius 3 is 2.54 bits per heavy atom. The number of nitrogens with zero attached hydrogens (tertiary/aromatic N) is 3. The van der Waals surface area contributed by atoms with E-state index in [-0.39, 0.29) is 0 Å². The number of carbonyl (C=O) groups excluding carboxylic acids is 3. The first kappa shape index (κ1) is 17.5. The van der Waals surface area contributed by atoms with E-state index in [0.717, 1.165) is 4.90 Å². The first-order valence-electron chi connectivity index (χ1n) is 7.91. The minimum absolute atomic E-state index is 0.350. The van der Waals surface area contributed by atoms with E-state index < -0.39 is 29.9 Å². The number of imide groups is 1. The zero-order chi connectivity index (χ0) is 18.9. The number of hydrogen-bond donors (Lipinski definition) is 2. The normalized spacial score (nSPS) is 19.4. The van der Waals surface area contributed by atoms with Crippen LogP contribution in [-0.4, -0.2) is 46.2 Å². The summed E-state index contributed by atoms with van der Waals surface area (Å²) in [5.74, 6) is -0.0155. The van der Waals surface area contributed by atoms with Crippen LogP contribution in [0.2, 0.25) is 0 Å². The molecule has 9 heteroatoms. The fourth-order valence-corrected chi connectivity index (χ4v) is 2.77. The van der Waals surface area contributed by atoms with E-state index in [1.165, 1.54) is 4.68 Å². The number of aromatic nitrogens is 2. The van der Waals surface area contributed by atoms with Crippen molar-refractivity contribution in [3.8, 4) is 5.75 Å². The summed E-state index contributed by atoms with van der Waals surface area (Å²) in [6.45, 7) is 1.21. The van der Waals surface area contributed by atoms with Gasteiger partial charge in [-0.2, -0.15) is 5.10 Å². The van der Waals surface area contributed by atoms with Crippen molar-refractivity contribution in [1.29, 1.82) is 0 Å². The maximum atomic E-state index is 12.8. The lowest BCUT2D eigenvalue weighted by Gasteiger charge is -2.22. The highest BCUT2D eigenvalue weighted by Gasteiger charge is 2.49. The number of nitrogens with one attached hydrogen (secondary N) is 2. The van der Waals surface area contributed by atoms with E-state index in [1.807, 2.05) is 0 Å². The number of aryl methyl sites for hydroxylation is 1. The van der Waals surface area contributed by atoms with E-state index in [0.29, 0.717) is 17.1 Å². The van der Waals surface area contributed by atoms with Crippen molar-refractivity contribution in [2.75, 3.05) is 19.0 Å². The fraction of sp³-hybridized carbons (Fsp3) is 0.294. The van der Waals surface area contributed by atoms with E-state index in [2.05, 4.69) is 15.7 Å². The lowest BCUT2D eigenvalue weighted by molar-refractivity contribution is -0.133. The summed E-state index contributed by atoms with van der Waals surface area (Å²) in [5, 5.41) is 9.23. The summed E-state index contributed by atoms with van der Waals surface area (Å²) in [6.07, 6.45) is 1.67. The molecule has 2 aromatic rings. The molecule has 3 rings (SSSR count). The van der Waals surface area contributed by atoms with Gasteiger partial charge in [-0.15, -0.1) is 0 Å². The summed E-state index contributed by atoms with van der Waals surface area (Å²) >= 11 is 0. The Hall–Kier alpha value is -3.36. The zero-order valence-corrected chi connectivity index (χ0v) is 14.6. The molecule has 9 nitrogen and oxygen atoms in total. The molecule has 1 unspecified atom stereocenters. The average Bonchev–Trinajstić information content (AvgIpc) is 3.11. The van der Waals surface area contributed by atoms with Gasteiger partial charge in [0, 0.05) is 19.3 Å². The molecule has 1 fully saturated rings. The third kappa shape index (κ3) is 3.10. The highest BCUT2D eigenvalue weighted by Crippen LogP contribution is 2.29. The molecular weight excluding hydrogens is 338 g/mol. The summed E-state index contributed by atoms with van der Waals surface area (Å²) in [5.41, 5.74) is -0.640. The van der Waals surface area contributed by atoms with E-state index >= 15 is 0 Å². The molecule has 1 aromatic heterocycles. The van der Waals surface area contributed by atoms with Gasteiger partial charge in [0.1, 0.15) is 17.8 Å². The van der Waals surface area contributed by atoms with E-state index in [1.54, 1.807) is 57.6 Å². The van der Waals surface area contributed by atoms with Crippen LogP contribution in [0.3, 0.4) is 0 Å². The van der Waals surface area contributed by atoms with Crippen molar-refractivity contribution < 1.29 is 19.1 Å².